The van der Waals surface area contributed by atoms with E-state index in [0.29, 0.717) is 24.7 Å². The van der Waals surface area contributed by atoms with Crippen LogP contribution in [0.5, 0.6) is 0 Å². The second-order valence-electron chi connectivity index (χ2n) is 6.55. The Morgan fingerprint density at radius 1 is 1.27 bits per heavy atom. The van der Waals surface area contributed by atoms with Gasteiger partial charge in [-0.15, -0.1) is 11.8 Å². The van der Waals surface area contributed by atoms with Crippen LogP contribution >= 0.6 is 11.8 Å². The summed E-state index contributed by atoms with van der Waals surface area (Å²) >= 11 is 1.48. The lowest BCUT2D eigenvalue weighted by atomic mass is 10.1. The van der Waals surface area contributed by atoms with Crippen LogP contribution in [0.2, 0.25) is 0 Å². The van der Waals surface area contributed by atoms with Crippen LogP contribution < -0.4 is 5.32 Å². The van der Waals surface area contributed by atoms with Gasteiger partial charge < -0.3 is 5.32 Å². The molecular formula is C14H29N3O3S2. The maximum atomic E-state index is 12.9. The first-order valence-electron chi connectivity index (χ1n) is 7.80. The summed E-state index contributed by atoms with van der Waals surface area (Å²) in [5, 5.41) is 2.89. The van der Waals surface area contributed by atoms with E-state index in [1.54, 1.807) is 0 Å². The van der Waals surface area contributed by atoms with Gasteiger partial charge >= 0.3 is 0 Å². The molecule has 1 amide bonds. The van der Waals surface area contributed by atoms with Crippen molar-refractivity contribution in [1.82, 2.24) is 13.9 Å². The highest BCUT2D eigenvalue weighted by atomic mass is 32.2. The molecule has 0 bridgehead atoms. The fourth-order valence-corrected chi connectivity index (χ4v) is 5.79. The minimum absolute atomic E-state index is 0.214. The van der Waals surface area contributed by atoms with E-state index in [1.165, 1.54) is 20.4 Å². The molecule has 22 heavy (non-hydrogen) atoms. The monoisotopic (exact) mass is 351 g/mol. The Morgan fingerprint density at radius 3 is 2.27 bits per heavy atom. The summed E-state index contributed by atoms with van der Waals surface area (Å²) in [6, 6.07) is -0.620. The molecule has 1 aliphatic rings. The van der Waals surface area contributed by atoms with Crippen molar-refractivity contribution in [2.24, 2.45) is 0 Å². The minimum atomic E-state index is -3.59. The van der Waals surface area contributed by atoms with Crippen LogP contribution in [0.4, 0.5) is 0 Å². The maximum Gasteiger partial charge on any atom is 0.283 e. The van der Waals surface area contributed by atoms with Gasteiger partial charge in [0.1, 0.15) is 6.04 Å². The predicted molar refractivity (Wildman–Crippen MR) is 91.9 cm³/mol. The Labute approximate surface area is 139 Å². The smallest absolute Gasteiger partial charge is 0.283 e. The number of rotatable bonds is 7. The van der Waals surface area contributed by atoms with Gasteiger partial charge in [-0.2, -0.15) is 17.0 Å². The van der Waals surface area contributed by atoms with Crippen LogP contribution in [-0.4, -0.2) is 59.2 Å². The van der Waals surface area contributed by atoms with Crippen molar-refractivity contribution in [3.8, 4) is 0 Å². The van der Waals surface area contributed by atoms with Crippen LogP contribution in [0.15, 0.2) is 0 Å². The van der Waals surface area contributed by atoms with E-state index in [1.807, 2.05) is 34.6 Å². The minimum Gasteiger partial charge on any atom is -0.350 e. The van der Waals surface area contributed by atoms with Gasteiger partial charge in [0.25, 0.3) is 10.2 Å². The first-order valence-corrected chi connectivity index (χ1v) is 10.3. The van der Waals surface area contributed by atoms with Gasteiger partial charge in [0.2, 0.25) is 5.91 Å². The zero-order chi connectivity index (χ0) is 17.0. The highest BCUT2D eigenvalue weighted by molar-refractivity contribution is 8.00. The third-order valence-corrected chi connectivity index (χ3v) is 6.38. The average Bonchev–Trinajstić information content (AvgIpc) is 2.86. The average molecular weight is 352 g/mol. The van der Waals surface area contributed by atoms with Gasteiger partial charge in [-0.25, -0.2) is 0 Å². The van der Waals surface area contributed by atoms with E-state index >= 15 is 0 Å². The number of hydrogen-bond acceptors (Lipinski definition) is 4. The van der Waals surface area contributed by atoms with Gasteiger partial charge in [-0.05, 0) is 33.6 Å². The van der Waals surface area contributed by atoms with Crippen LogP contribution in [-0.2, 0) is 15.0 Å². The van der Waals surface area contributed by atoms with Gasteiger partial charge in [0.15, 0.2) is 0 Å². The van der Waals surface area contributed by atoms with Crippen molar-refractivity contribution in [2.45, 2.75) is 59.0 Å². The summed E-state index contributed by atoms with van der Waals surface area (Å²) < 4.78 is 28.6. The normalized spacial score (nSPS) is 20.5. The van der Waals surface area contributed by atoms with Gasteiger partial charge in [-0.1, -0.05) is 13.8 Å². The molecule has 0 aliphatic carbocycles. The van der Waals surface area contributed by atoms with E-state index in [4.69, 9.17) is 0 Å². The number of nitrogens with zero attached hydrogens (tertiary/aromatic N) is 2. The van der Waals surface area contributed by atoms with Crippen molar-refractivity contribution in [3.63, 3.8) is 0 Å². The lowest BCUT2D eigenvalue weighted by Gasteiger charge is -2.31. The molecule has 0 aromatic carbocycles. The molecule has 6 nitrogen and oxygen atoms in total. The van der Waals surface area contributed by atoms with Crippen molar-refractivity contribution < 1.29 is 13.2 Å². The van der Waals surface area contributed by atoms with Crippen molar-refractivity contribution in [1.29, 1.82) is 0 Å². The molecule has 1 atom stereocenters. The number of amides is 1. The third-order valence-electron chi connectivity index (χ3n) is 3.21. The quantitative estimate of drug-likeness (QED) is 0.757. The highest BCUT2D eigenvalue weighted by Crippen LogP contribution is 2.27. The lowest BCUT2D eigenvalue weighted by molar-refractivity contribution is -0.125. The van der Waals surface area contributed by atoms with Crippen LogP contribution in [0, 0.1) is 0 Å². The fourth-order valence-electron chi connectivity index (χ4n) is 2.30. The molecule has 1 unspecified atom stereocenters. The fraction of sp³-hybridized carbons (Fsp3) is 0.929. The first-order chi connectivity index (χ1) is 10.1. The Kier molecular flexibility index (Phi) is 7.17. The molecule has 1 aliphatic heterocycles. The molecule has 0 aromatic heterocycles. The zero-order valence-corrected chi connectivity index (χ0v) is 15.9. The van der Waals surface area contributed by atoms with Crippen molar-refractivity contribution >= 4 is 27.9 Å². The highest BCUT2D eigenvalue weighted by Gasteiger charge is 2.42. The SMILES string of the molecule is CCCN(CCC)S(=O)(=O)N1CSCC1C(=O)NC(C)(C)C. The molecule has 0 saturated carbocycles. The number of nitrogens with one attached hydrogen (secondary N) is 1. The summed E-state index contributed by atoms with van der Waals surface area (Å²) in [4.78, 5) is 12.4. The van der Waals surface area contributed by atoms with Crippen molar-refractivity contribution in [2.75, 3.05) is 24.7 Å². The summed E-state index contributed by atoms with van der Waals surface area (Å²) in [6.07, 6.45) is 1.53. The molecule has 1 fully saturated rings. The maximum absolute atomic E-state index is 12.9. The Morgan fingerprint density at radius 2 is 1.82 bits per heavy atom. The Hall–Kier alpha value is -0.310. The van der Waals surface area contributed by atoms with Crippen LogP contribution in [0.3, 0.4) is 0 Å². The molecule has 0 aromatic rings. The summed E-state index contributed by atoms with van der Waals surface area (Å²) in [7, 11) is -3.59. The van der Waals surface area contributed by atoms with E-state index in [2.05, 4.69) is 5.32 Å². The zero-order valence-electron chi connectivity index (χ0n) is 14.3. The second-order valence-corrected chi connectivity index (χ2v) is 9.43. The van der Waals surface area contributed by atoms with Gasteiger partial charge in [-0.3, -0.25) is 4.79 Å². The van der Waals surface area contributed by atoms with E-state index in [0.717, 1.165) is 12.8 Å². The Balaban J connectivity index is 2.94. The lowest BCUT2D eigenvalue weighted by Crippen LogP contribution is -2.55. The first kappa shape index (κ1) is 19.7. The second kappa shape index (κ2) is 7.99. The van der Waals surface area contributed by atoms with Crippen LogP contribution in [0.25, 0.3) is 0 Å². The van der Waals surface area contributed by atoms with Gasteiger partial charge in [0.05, 0.1) is 5.88 Å². The van der Waals surface area contributed by atoms with Crippen molar-refractivity contribution in [3.05, 3.63) is 0 Å². The molecule has 8 heteroatoms. The molecule has 0 spiro atoms. The molecule has 1 heterocycles. The number of hydrogen-bond donors (Lipinski definition) is 1. The van der Waals surface area contributed by atoms with Crippen LogP contribution in [0.1, 0.15) is 47.5 Å². The molecule has 1 rings (SSSR count). The Bertz CT molecular complexity index is 468. The number of carbonyl (C=O) groups excluding carboxylic acids is 1. The molecule has 130 valence electrons. The molecule has 0 radical (unpaired) electrons. The molecule has 1 N–H and O–H groups in total. The van der Waals surface area contributed by atoms with Gasteiger partial charge in [0, 0.05) is 24.4 Å². The summed E-state index contributed by atoms with van der Waals surface area (Å²) in [5.41, 5.74) is -0.369. The van der Waals surface area contributed by atoms with E-state index < -0.39 is 16.3 Å². The molecular weight excluding hydrogens is 322 g/mol. The number of carbonyl (C=O) groups is 1. The van der Waals surface area contributed by atoms with E-state index in [-0.39, 0.29) is 11.4 Å². The topological polar surface area (TPSA) is 69.7 Å². The number of thioether (sulfide) groups is 1. The largest absolute Gasteiger partial charge is 0.350 e. The van der Waals surface area contributed by atoms with E-state index in [9.17, 15) is 13.2 Å². The standard InChI is InChI=1S/C14H29N3O3S2/c1-6-8-16(9-7-2)22(19,20)17-11-21-10-12(17)13(18)15-14(3,4)5/h12H,6-11H2,1-5H3,(H,15,18). The summed E-state index contributed by atoms with van der Waals surface area (Å²) in [5.74, 6) is 0.635. The summed E-state index contributed by atoms with van der Waals surface area (Å²) in [6.45, 7) is 10.6. The predicted octanol–water partition coefficient (Wildman–Crippen LogP) is 1.64. The third kappa shape index (κ3) is 5.11. The molecule has 1 saturated heterocycles.